The number of amides is 1. The number of nitrogens with zero attached hydrogens (tertiary/aromatic N) is 6. The first kappa shape index (κ1) is 26.2. The monoisotopic (exact) mass is 528 g/mol. The molecule has 4 rings (SSSR count). The molecular weight excluding hydrogens is 505 g/mol. The summed E-state index contributed by atoms with van der Waals surface area (Å²) in [4.78, 5) is 16.0. The van der Waals surface area contributed by atoms with Crippen LogP contribution in [0.15, 0.2) is 48.7 Å². The van der Waals surface area contributed by atoms with Crippen molar-refractivity contribution in [2.75, 3.05) is 11.5 Å². The van der Waals surface area contributed by atoms with Gasteiger partial charge in [0.2, 0.25) is 0 Å². The number of aliphatic hydroxyl groups excluding tert-OH is 1. The number of alkyl halides is 3. The second kappa shape index (κ2) is 9.91. The fourth-order valence-corrected chi connectivity index (χ4v) is 4.55. The van der Waals surface area contributed by atoms with E-state index >= 15 is 0 Å². The van der Waals surface area contributed by atoms with Gasteiger partial charge in [0.05, 0.1) is 40.5 Å². The number of carbonyl (C=O) groups is 1. The zero-order chi connectivity index (χ0) is 27.0. The molecule has 2 aromatic carbocycles. The second-order valence-electron chi connectivity index (χ2n) is 9.06. The van der Waals surface area contributed by atoms with Gasteiger partial charge in [0.1, 0.15) is 5.54 Å². The Morgan fingerprint density at radius 3 is 2.43 bits per heavy atom. The summed E-state index contributed by atoms with van der Waals surface area (Å²) in [5, 5.41) is 26.3. The highest BCUT2D eigenvalue weighted by Crippen LogP contribution is 2.38. The Balaban J connectivity index is 1.57. The smallest absolute Gasteiger partial charge is 0.396 e. The summed E-state index contributed by atoms with van der Waals surface area (Å²) in [5.41, 5.74) is -0.460. The third-order valence-electron chi connectivity index (χ3n) is 6.18. The Bertz CT molecular complexity index is 1380. The molecule has 1 saturated heterocycles. The average molecular weight is 529 g/mol. The number of anilines is 1. The number of thiocarbonyl (C=S) groups is 1. The maximum absolute atomic E-state index is 13.5. The van der Waals surface area contributed by atoms with E-state index in [1.807, 2.05) is 24.3 Å². The van der Waals surface area contributed by atoms with E-state index in [-0.39, 0.29) is 24.0 Å². The number of nitriles is 1. The van der Waals surface area contributed by atoms with Crippen LogP contribution < -0.4 is 4.90 Å². The largest absolute Gasteiger partial charge is 0.417 e. The summed E-state index contributed by atoms with van der Waals surface area (Å²) in [7, 11) is 0. The third kappa shape index (κ3) is 5.05. The van der Waals surface area contributed by atoms with Crippen LogP contribution in [-0.2, 0) is 23.9 Å². The highest BCUT2D eigenvalue weighted by molar-refractivity contribution is 7.80. The summed E-state index contributed by atoms with van der Waals surface area (Å²) < 4.78 is 42.1. The minimum Gasteiger partial charge on any atom is -0.396 e. The van der Waals surface area contributed by atoms with Crippen molar-refractivity contribution in [2.24, 2.45) is 0 Å². The predicted octanol–water partition coefficient (Wildman–Crippen LogP) is 3.99. The van der Waals surface area contributed by atoms with Crippen molar-refractivity contribution in [3.63, 3.8) is 0 Å². The zero-order valence-electron chi connectivity index (χ0n) is 20.0. The summed E-state index contributed by atoms with van der Waals surface area (Å²) in [6.07, 6.45) is -1.76. The van der Waals surface area contributed by atoms with Crippen LogP contribution in [0.3, 0.4) is 0 Å². The minimum absolute atomic E-state index is 0.0459. The van der Waals surface area contributed by atoms with Crippen molar-refractivity contribution in [3.05, 3.63) is 71.0 Å². The Morgan fingerprint density at radius 2 is 1.81 bits per heavy atom. The maximum Gasteiger partial charge on any atom is 0.417 e. The van der Waals surface area contributed by atoms with Gasteiger partial charge in [-0.1, -0.05) is 17.3 Å². The van der Waals surface area contributed by atoms with E-state index in [0.717, 1.165) is 34.0 Å². The van der Waals surface area contributed by atoms with Gasteiger partial charge in [-0.2, -0.15) is 18.4 Å². The first-order chi connectivity index (χ1) is 17.5. The maximum atomic E-state index is 13.5. The quantitative estimate of drug-likeness (QED) is 0.463. The normalized spacial score (nSPS) is 15.4. The molecular formula is C25H23F3N6O2S. The Morgan fingerprint density at radius 1 is 1.14 bits per heavy atom. The molecule has 0 aliphatic carbocycles. The molecule has 1 N–H and O–H groups in total. The van der Waals surface area contributed by atoms with Crippen molar-refractivity contribution in [3.8, 4) is 11.8 Å². The number of aromatic nitrogens is 3. The number of carbonyl (C=O) groups excluding carboxylic acids is 1. The van der Waals surface area contributed by atoms with Crippen LogP contribution in [0.2, 0.25) is 0 Å². The van der Waals surface area contributed by atoms with Gasteiger partial charge >= 0.3 is 6.18 Å². The van der Waals surface area contributed by atoms with Gasteiger partial charge in [0.15, 0.2) is 5.11 Å². The first-order valence-corrected chi connectivity index (χ1v) is 11.8. The van der Waals surface area contributed by atoms with Crippen molar-refractivity contribution in [1.29, 1.82) is 5.26 Å². The summed E-state index contributed by atoms with van der Waals surface area (Å²) in [6, 6.07) is 12.0. The molecule has 2 heterocycles. The second-order valence-corrected chi connectivity index (χ2v) is 9.42. The summed E-state index contributed by atoms with van der Waals surface area (Å²) in [5.74, 6) is -0.468. The number of rotatable bonds is 7. The zero-order valence-corrected chi connectivity index (χ0v) is 20.8. The lowest BCUT2D eigenvalue weighted by Gasteiger charge is -2.29. The lowest BCUT2D eigenvalue weighted by Crippen LogP contribution is -2.43. The molecule has 0 atom stereocenters. The van der Waals surface area contributed by atoms with Crippen LogP contribution in [0.25, 0.3) is 5.69 Å². The van der Waals surface area contributed by atoms with Crippen molar-refractivity contribution in [1.82, 2.24) is 19.9 Å². The number of aliphatic hydroxyl groups is 1. The number of hydrogen-bond donors (Lipinski definition) is 1. The molecule has 0 spiro atoms. The van der Waals surface area contributed by atoms with E-state index in [1.54, 1.807) is 29.6 Å². The molecule has 1 aromatic heterocycles. The van der Waals surface area contributed by atoms with Crippen molar-refractivity contribution >= 4 is 28.9 Å². The van der Waals surface area contributed by atoms with Gasteiger partial charge in [0.25, 0.3) is 5.91 Å². The number of benzene rings is 2. The molecule has 8 nitrogen and oxygen atoms in total. The Labute approximate surface area is 216 Å². The molecule has 1 fully saturated rings. The number of hydrogen-bond acceptors (Lipinski definition) is 6. The van der Waals surface area contributed by atoms with E-state index < -0.39 is 28.7 Å². The topological polar surface area (TPSA) is 98.3 Å². The van der Waals surface area contributed by atoms with Gasteiger partial charge < -0.3 is 10.0 Å². The van der Waals surface area contributed by atoms with Gasteiger partial charge in [0, 0.05) is 13.2 Å². The molecule has 1 aliphatic rings. The van der Waals surface area contributed by atoms with Crippen LogP contribution in [-0.4, -0.2) is 48.2 Å². The molecule has 1 aliphatic heterocycles. The summed E-state index contributed by atoms with van der Waals surface area (Å²) in [6.45, 7) is 3.64. The fourth-order valence-electron chi connectivity index (χ4n) is 4.07. The van der Waals surface area contributed by atoms with E-state index in [9.17, 15) is 18.0 Å². The van der Waals surface area contributed by atoms with Gasteiger partial charge in [-0.3, -0.25) is 9.69 Å². The van der Waals surface area contributed by atoms with E-state index in [1.165, 1.54) is 12.1 Å². The van der Waals surface area contributed by atoms with E-state index in [2.05, 4.69) is 10.3 Å². The highest BCUT2D eigenvalue weighted by Gasteiger charge is 2.49. The molecule has 0 radical (unpaired) electrons. The predicted molar refractivity (Wildman–Crippen MR) is 133 cm³/mol. The molecule has 37 heavy (non-hydrogen) atoms. The summed E-state index contributed by atoms with van der Waals surface area (Å²) >= 11 is 5.55. The molecule has 12 heteroatoms. The Hall–Kier alpha value is -3.82. The molecule has 3 aromatic rings. The first-order valence-electron chi connectivity index (χ1n) is 11.4. The number of aryl methyl sites for hydroxylation is 1. The highest BCUT2D eigenvalue weighted by atomic mass is 32.1. The molecule has 0 unspecified atom stereocenters. The van der Waals surface area contributed by atoms with E-state index in [4.69, 9.17) is 22.6 Å². The van der Waals surface area contributed by atoms with Gasteiger partial charge in [-0.25, -0.2) is 4.68 Å². The minimum atomic E-state index is -4.76. The van der Waals surface area contributed by atoms with Gasteiger partial charge in [-0.05, 0) is 74.8 Å². The average Bonchev–Trinajstić information content (AvgIpc) is 3.40. The standard InChI is InChI=1S/C25H23F3N6O2S/c1-24(2)22(36)34(20-10-7-17(13-29)21(12-20)25(26,27)28)23(37)32(24)14-16-5-8-19(9-6-16)33-15-18(30-31-33)4-3-11-35/h5-10,12,15,35H,3-4,11,14H2,1-2H3. The van der Waals surface area contributed by atoms with Crippen LogP contribution in [0.4, 0.5) is 18.9 Å². The molecule has 192 valence electrons. The van der Waals surface area contributed by atoms with Crippen LogP contribution in [0.1, 0.15) is 42.7 Å². The SMILES string of the molecule is CC1(C)C(=O)N(c2ccc(C#N)c(C(F)(F)F)c2)C(=S)N1Cc1ccc(-n2cc(CCCO)nn2)cc1. The fraction of sp³-hybridized carbons (Fsp3) is 0.320. The van der Waals surface area contributed by atoms with Gasteiger partial charge in [-0.15, -0.1) is 5.10 Å². The van der Waals surface area contributed by atoms with Crippen molar-refractivity contribution < 1.29 is 23.1 Å². The van der Waals surface area contributed by atoms with Crippen molar-refractivity contribution in [2.45, 2.75) is 44.9 Å². The molecule has 0 saturated carbocycles. The van der Waals surface area contributed by atoms with Crippen LogP contribution in [0.5, 0.6) is 0 Å². The lowest BCUT2D eigenvalue weighted by molar-refractivity contribution is -0.137. The lowest BCUT2D eigenvalue weighted by atomic mass is 10.0. The third-order valence-corrected chi connectivity index (χ3v) is 6.59. The molecule has 1 amide bonds. The number of halogens is 3. The van der Waals surface area contributed by atoms with Crippen LogP contribution >= 0.6 is 12.2 Å². The Kier molecular flexibility index (Phi) is 7.03. The van der Waals surface area contributed by atoms with Crippen LogP contribution in [0, 0.1) is 11.3 Å². The molecule has 0 bridgehead atoms. The van der Waals surface area contributed by atoms with E-state index in [0.29, 0.717) is 12.8 Å².